The Bertz CT molecular complexity index is 299. The molecule has 1 rings (SSSR count). The van der Waals surface area contributed by atoms with Gasteiger partial charge in [0.2, 0.25) is 0 Å². The third-order valence-electron chi connectivity index (χ3n) is 1.66. The molecule has 0 aromatic carbocycles. The number of carbonyl (C=O) groups is 1. The van der Waals surface area contributed by atoms with Crippen molar-refractivity contribution < 1.29 is 4.79 Å². The minimum absolute atomic E-state index is 0.113. The van der Waals surface area contributed by atoms with Crippen LogP contribution in [0.15, 0.2) is 22.9 Å². The lowest BCUT2D eigenvalue weighted by Crippen LogP contribution is -2.25. The smallest absolute Gasteiger partial charge is 0.252 e. The second-order valence-corrected chi connectivity index (χ2v) is 3.58. The molecular weight excluding hydrogens is 246 g/mol. The van der Waals surface area contributed by atoms with Gasteiger partial charge in [-0.15, -0.1) is 0 Å². The molecule has 0 aliphatic heterocycles. The first-order valence-electron chi connectivity index (χ1n) is 4.34. The second kappa shape index (κ2) is 5.72. The van der Waals surface area contributed by atoms with E-state index in [0.29, 0.717) is 18.7 Å². The molecular formula is C9H12BrN3O. The molecule has 1 heterocycles. The standard InChI is InChI=1S/C9H12BrN3O/c10-8-3-2-7(6-13-8)9(14)12-5-1-4-11/h2-3,6H,1,4-5,11H2,(H,12,14). The Balaban J connectivity index is 2.48. The minimum Gasteiger partial charge on any atom is -0.352 e. The fraction of sp³-hybridized carbons (Fsp3) is 0.333. The summed E-state index contributed by atoms with van der Waals surface area (Å²) in [5, 5.41) is 2.75. The molecule has 0 bridgehead atoms. The van der Waals surface area contributed by atoms with Crippen molar-refractivity contribution >= 4 is 21.8 Å². The fourth-order valence-corrected chi connectivity index (χ4v) is 1.15. The van der Waals surface area contributed by atoms with Gasteiger partial charge in [-0.3, -0.25) is 4.79 Å². The molecule has 1 aromatic rings. The molecule has 0 saturated carbocycles. The van der Waals surface area contributed by atoms with Crippen molar-refractivity contribution in [2.45, 2.75) is 6.42 Å². The highest BCUT2D eigenvalue weighted by atomic mass is 79.9. The van der Waals surface area contributed by atoms with Gasteiger partial charge in [-0.2, -0.15) is 0 Å². The summed E-state index contributed by atoms with van der Waals surface area (Å²) in [7, 11) is 0. The van der Waals surface area contributed by atoms with Crippen LogP contribution < -0.4 is 11.1 Å². The van der Waals surface area contributed by atoms with Crippen LogP contribution in [0.25, 0.3) is 0 Å². The van der Waals surface area contributed by atoms with Crippen molar-refractivity contribution in [2.24, 2.45) is 5.73 Å². The molecule has 0 atom stereocenters. The molecule has 14 heavy (non-hydrogen) atoms. The van der Waals surface area contributed by atoms with Crippen LogP contribution in [0.3, 0.4) is 0 Å². The average molecular weight is 258 g/mol. The first-order chi connectivity index (χ1) is 6.74. The summed E-state index contributed by atoms with van der Waals surface area (Å²) < 4.78 is 0.719. The van der Waals surface area contributed by atoms with Crippen LogP contribution in [-0.2, 0) is 0 Å². The number of hydrogen-bond donors (Lipinski definition) is 2. The summed E-state index contributed by atoms with van der Waals surface area (Å²) in [6.45, 7) is 1.18. The molecule has 1 amide bonds. The lowest BCUT2D eigenvalue weighted by molar-refractivity contribution is 0.0953. The number of carbonyl (C=O) groups excluding carboxylic acids is 1. The molecule has 76 valence electrons. The minimum atomic E-state index is -0.113. The number of nitrogens with one attached hydrogen (secondary N) is 1. The summed E-state index contributed by atoms with van der Waals surface area (Å²) in [6.07, 6.45) is 2.32. The highest BCUT2D eigenvalue weighted by Crippen LogP contribution is 2.05. The quantitative estimate of drug-likeness (QED) is 0.623. The number of hydrogen-bond acceptors (Lipinski definition) is 3. The highest BCUT2D eigenvalue weighted by molar-refractivity contribution is 9.10. The number of aromatic nitrogens is 1. The zero-order chi connectivity index (χ0) is 10.4. The van der Waals surface area contributed by atoms with Gasteiger partial charge in [-0.1, -0.05) is 0 Å². The van der Waals surface area contributed by atoms with E-state index in [2.05, 4.69) is 26.2 Å². The number of pyridine rings is 1. The lowest BCUT2D eigenvalue weighted by Gasteiger charge is -2.03. The maximum absolute atomic E-state index is 11.4. The van der Waals surface area contributed by atoms with Crippen molar-refractivity contribution in [3.63, 3.8) is 0 Å². The largest absolute Gasteiger partial charge is 0.352 e. The van der Waals surface area contributed by atoms with Gasteiger partial charge >= 0.3 is 0 Å². The van der Waals surface area contributed by atoms with Crippen molar-refractivity contribution in [2.75, 3.05) is 13.1 Å². The van der Waals surface area contributed by atoms with E-state index in [1.165, 1.54) is 6.20 Å². The topological polar surface area (TPSA) is 68.0 Å². The molecule has 0 radical (unpaired) electrons. The van der Waals surface area contributed by atoms with Crippen molar-refractivity contribution in [1.29, 1.82) is 0 Å². The van der Waals surface area contributed by atoms with Crippen LogP contribution in [-0.4, -0.2) is 24.0 Å². The molecule has 5 heteroatoms. The van der Waals surface area contributed by atoms with Crippen LogP contribution in [0.5, 0.6) is 0 Å². The van der Waals surface area contributed by atoms with Crippen LogP contribution in [0.4, 0.5) is 0 Å². The first-order valence-corrected chi connectivity index (χ1v) is 5.13. The number of nitrogens with two attached hydrogens (primary N) is 1. The number of rotatable bonds is 4. The zero-order valence-corrected chi connectivity index (χ0v) is 9.25. The van der Waals surface area contributed by atoms with Gasteiger partial charge in [0.25, 0.3) is 5.91 Å². The van der Waals surface area contributed by atoms with Crippen LogP contribution in [0.2, 0.25) is 0 Å². The summed E-state index contributed by atoms with van der Waals surface area (Å²) in [5.41, 5.74) is 5.86. The maximum Gasteiger partial charge on any atom is 0.252 e. The fourth-order valence-electron chi connectivity index (χ4n) is 0.916. The van der Waals surface area contributed by atoms with E-state index < -0.39 is 0 Å². The third-order valence-corrected chi connectivity index (χ3v) is 2.13. The number of halogens is 1. The predicted octanol–water partition coefficient (Wildman–Crippen LogP) is 0.923. The molecule has 1 aromatic heterocycles. The maximum atomic E-state index is 11.4. The van der Waals surface area contributed by atoms with Gasteiger partial charge < -0.3 is 11.1 Å². The Morgan fingerprint density at radius 3 is 2.93 bits per heavy atom. The van der Waals surface area contributed by atoms with E-state index in [1.807, 2.05) is 0 Å². The predicted molar refractivity (Wildman–Crippen MR) is 57.9 cm³/mol. The summed E-state index contributed by atoms with van der Waals surface area (Å²) in [4.78, 5) is 15.4. The van der Waals surface area contributed by atoms with Gasteiger partial charge in [0.05, 0.1) is 5.56 Å². The molecule has 3 N–H and O–H groups in total. The van der Waals surface area contributed by atoms with Gasteiger partial charge in [-0.25, -0.2) is 4.98 Å². The third kappa shape index (κ3) is 3.43. The van der Waals surface area contributed by atoms with E-state index in [4.69, 9.17) is 5.73 Å². The van der Waals surface area contributed by atoms with E-state index in [9.17, 15) is 4.79 Å². The van der Waals surface area contributed by atoms with Crippen LogP contribution >= 0.6 is 15.9 Å². The van der Waals surface area contributed by atoms with Gasteiger partial charge in [0.15, 0.2) is 0 Å². The number of amides is 1. The van der Waals surface area contributed by atoms with E-state index in [1.54, 1.807) is 12.1 Å². The van der Waals surface area contributed by atoms with Crippen molar-refractivity contribution in [3.8, 4) is 0 Å². The molecule has 0 spiro atoms. The van der Waals surface area contributed by atoms with Crippen molar-refractivity contribution in [3.05, 3.63) is 28.5 Å². The molecule has 0 saturated heterocycles. The SMILES string of the molecule is NCCCNC(=O)c1ccc(Br)nc1. The lowest BCUT2D eigenvalue weighted by atomic mass is 10.2. The average Bonchev–Trinajstić information content (AvgIpc) is 2.19. The Morgan fingerprint density at radius 1 is 1.57 bits per heavy atom. The van der Waals surface area contributed by atoms with E-state index >= 15 is 0 Å². The number of nitrogens with zero attached hydrogens (tertiary/aromatic N) is 1. The normalized spacial score (nSPS) is 9.86. The first kappa shape index (κ1) is 11.1. The molecule has 4 nitrogen and oxygen atoms in total. The van der Waals surface area contributed by atoms with Crippen molar-refractivity contribution in [1.82, 2.24) is 10.3 Å². The zero-order valence-electron chi connectivity index (χ0n) is 7.66. The monoisotopic (exact) mass is 257 g/mol. The molecule has 0 aliphatic carbocycles. The summed E-state index contributed by atoms with van der Waals surface area (Å²) in [6, 6.07) is 3.45. The van der Waals surface area contributed by atoms with Gasteiger partial charge in [0, 0.05) is 12.7 Å². The summed E-state index contributed by atoms with van der Waals surface area (Å²) >= 11 is 3.20. The molecule has 0 aliphatic rings. The Hall–Kier alpha value is -0.940. The molecule has 0 unspecified atom stereocenters. The van der Waals surface area contributed by atoms with Crippen LogP contribution in [0, 0.1) is 0 Å². The van der Waals surface area contributed by atoms with E-state index in [0.717, 1.165) is 11.0 Å². The van der Waals surface area contributed by atoms with Gasteiger partial charge in [0.1, 0.15) is 4.60 Å². The Labute approximate surface area is 91.0 Å². The highest BCUT2D eigenvalue weighted by Gasteiger charge is 2.03. The second-order valence-electron chi connectivity index (χ2n) is 2.77. The molecule has 0 fully saturated rings. The Kier molecular flexibility index (Phi) is 4.55. The summed E-state index contributed by atoms with van der Waals surface area (Å²) in [5.74, 6) is -0.113. The van der Waals surface area contributed by atoms with Crippen LogP contribution in [0.1, 0.15) is 16.8 Å². The van der Waals surface area contributed by atoms with Gasteiger partial charge in [-0.05, 0) is 41.0 Å². The Morgan fingerprint density at radius 2 is 2.36 bits per heavy atom. The van der Waals surface area contributed by atoms with E-state index in [-0.39, 0.29) is 5.91 Å².